The van der Waals surface area contributed by atoms with E-state index in [1.807, 2.05) is 47.4 Å². The van der Waals surface area contributed by atoms with Crippen LogP contribution in [-0.4, -0.2) is 14.5 Å². The number of nitrogens with zero attached hydrogens (tertiary/aromatic N) is 3. The van der Waals surface area contributed by atoms with Gasteiger partial charge in [0.05, 0.1) is 11.7 Å². The number of rotatable bonds is 3. The van der Waals surface area contributed by atoms with E-state index in [-0.39, 0.29) is 0 Å². The summed E-state index contributed by atoms with van der Waals surface area (Å²) in [6.45, 7) is 7.60. The van der Waals surface area contributed by atoms with E-state index in [1.54, 1.807) is 12.3 Å². The highest BCUT2D eigenvalue weighted by Crippen LogP contribution is 2.20. The van der Waals surface area contributed by atoms with Crippen LogP contribution >= 0.6 is 0 Å². The fraction of sp³-hybridized carbons (Fsp3) is 0. The van der Waals surface area contributed by atoms with Crippen molar-refractivity contribution < 1.29 is 0 Å². The Morgan fingerprint density at radius 1 is 1.05 bits per heavy atom. The lowest BCUT2D eigenvalue weighted by Gasteiger charge is -2.07. The maximum atomic E-state index is 4.47. The first-order valence-corrected chi connectivity index (χ1v) is 6.00. The van der Waals surface area contributed by atoms with Gasteiger partial charge in [-0.15, -0.1) is 0 Å². The van der Waals surface area contributed by atoms with Gasteiger partial charge in [0.25, 0.3) is 0 Å². The van der Waals surface area contributed by atoms with E-state index in [0.29, 0.717) is 0 Å². The fourth-order valence-corrected chi connectivity index (χ4v) is 2.12. The highest BCUT2D eigenvalue weighted by Gasteiger charge is 2.06. The quantitative estimate of drug-likeness (QED) is 0.706. The van der Waals surface area contributed by atoms with Gasteiger partial charge in [-0.2, -0.15) is 0 Å². The molecule has 0 aliphatic heterocycles. The number of hydrogen-bond acceptors (Lipinski definition) is 2. The van der Waals surface area contributed by atoms with E-state index in [0.717, 1.165) is 27.8 Å². The molecule has 0 spiro atoms. The van der Waals surface area contributed by atoms with Crippen LogP contribution in [0.4, 0.5) is 0 Å². The molecule has 3 heterocycles. The summed E-state index contributed by atoms with van der Waals surface area (Å²) in [5.74, 6) is 0.850. The number of aromatic nitrogens is 3. The molecule has 0 bridgehead atoms. The average Bonchev–Trinajstić information content (AvgIpc) is 2.90. The summed E-state index contributed by atoms with van der Waals surface area (Å²) < 4.78 is 2.02. The molecule has 19 heavy (non-hydrogen) atoms. The zero-order chi connectivity index (χ0) is 13.2. The molecule has 0 saturated carbocycles. The third-order valence-electron chi connectivity index (χ3n) is 3.14. The molecule has 0 unspecified atom stereocenters. The maximum absolute atomic E-state index is 4.47. The average molecular weight is 247 g/mol. The Hall–Kier alpha value is -2.68. The summed E-state index contributed by atoms with van der Waals surface area (Å²) >= 11 is 0. The standard InChI is InChI=1S/C16H13N3/c1-3-12-9-16(18-10-13(12)4-2)19-8-6-14-5-7-17-11-15(14)19/h3-11H,1-2H2. The third-order valence-corrected chi connectivity index (χ3v) is 3.14. The number of fused-ring (bicyclic) bond motifs is 1. The van der Waals surface area contributed by atoms with Crippen molar-refractivity contribution in [3.63, 3.8) is 0 Å². The molecule has 3 nitrogen and oxygen atoms in total. The van der Waals surface area contributed by atoms with Crippen molar-refractivity contribution in [3.8, 4) is 5.82 Å². The van der Waals surface area contributed by atoms with E-state index >= 15 is 0 Å². The van der Waals surface area contributed by atoms with Crippen LogP contribution in [0.1, 0.15) is 11.1 Å². The molecular weight excluding hydrogens is 234 g/mol. The van der Waals surface area contributed by atoms with Crippen molar-refractivity contribution in [2.45, 2.75) is 0 Å². The lowest BCUT2D eigenvalue weighted by molar-refractivity contribution is 1.04. The number of hydrogen-bond donors (Lipinski definition) is 0. The molecule has 3 heteroatoms. The van der Waals surface area contributed by atoms with Gasteiger partial charge in [-0.05, 0) is 29.3 Å². The monoisotopic (exact) mass is 247 g/mol. The fourth-order valence-electron chi connectivity index (χ4n) is 2.12. The van der Waals surface area contributed by atoms with Gasteiger partial charge in [-0.3, -0.25) is 9.55 Å². The highest BCUT2D eigenvalue weighted by molar-refractivity contribution is 5.80. The summed E-state index contributed by atoms with van der Waals surface area (Å²) in [6, 6.07) is 6.03. The van der Waals surface area contributed by atoms with Crippen LogP contribution in [-0.2, 0) is 0 Å². The van der Waals surface area contributed by atoms with Crippen molar-refractivity contribution in [2.24, 2.45) is 0 Å². The molecule has 0 aliphatic rings. The lowest BCUT2D eigenvalue weighted by Crippen LogP contribution is -1.97. The summed E-state index contributed by atoms with van der Waals surface area (Å²) in [7, 11) is 0. The molecule has 0 N–H and O–H groups in total. The first-order valence-electron chi connectivity index (χ1n) is 6.00. The Balaban J connectivity index is 2.21. The second-order valence-corrected chi connectivity index (χ2v) is 4.20. The number of pyridine rings is 2. The van der Waals surface area contributed by atoms with Crippen LogP contribution in [0.3, 0.4) is 0 Å². The Morgan fingerprint density at radius 3 is 2.68 bits per heavy atom. The third kappa shape index (κ3) is 1.85. The van der Waals surface area contributed by atoms with Gasteiger partial charge < -0.3 is 0 Å². The first kappa shape index (κ1) is 11.4. The molecular formula is C16H13N3. The molecule has 0 fully saturated rings. The molecule has 3 aromatic rings. The van der Waals surface area contributed by atoms with Crippen LogP contribution in [0.2, 0.25) is 0 Å². The maximum Gasteiger partial charge on any atom is 0.137 e. The van der Waals surface area contributed by atoms with Gasteiger partial charge in [-0.25, -0.2) is 4.98 Å². The Kier molecular flexibility index (Phi) is 2.72. The van der Waals surface area contributed by atoms with Crippen LogP contribution in [0.5, 0.6) is 0 Å². The second kappa shape index (κ2) is 4.53. The van der Waals surface area contributed by atoms with Crippen molar-refractivity contribution in [1.29, 1.82) is 0 Å². The smallest absolute Gasteiger partial charge is 0.137 e. The summed E-state index contributed by atoms with van der Waals surface area (Å²) in [6.07, 6.45) is 11.0. The predicted molar refractivity (Wildman–Crippen MR) is 79.0 cm³/mol. The summed E-state index contributed by atoms with van der Waals surface area (Å²) in [5.41, 5.74) is 3.04. The largest absolute Gasteiger partial charge is 0.300 e. The van der Waals surface area contributed by atoms with E-state index in [1.165, 1.54) is 0 Å². The van der Waals surface area contributed by atoms with Crippen LogP contribution in [0.15, 0.2) is 56.1 Å². The van der Waals surface area contributed by atoms with Gasteiger partial charge in [0.2, 0.25) is 0 Å². The van der Waals surface area contributed by atoms with Crippen molar-refractivity contribution in [1.82, 2.24) is 14.5 Å². The minimum atomic E-state index is 0.850. The van der Waals surface area contributed by atoms with Gasteiger partial charge in [0.1, 0.15) is 5.82 Å². The Labute approximate surface area is 111 Å². The molecule has 0 atom stereocenters. The summed E-state index contributed by atoms with van der Waals surface area (Å²) in [5, 5.41) is 1.14. The molecule has 3 aromatic heterocycles. The highest BCUT2D eigenvalue weighted by atomic mass is 15.1. The van der Waals surface area contributed by atoms with E-state index < -0.39 is 0 Å². The molecule has 92 valence electrons. The Morgan fingerprint density at radius 2 is 1.89 bits per heavy atom. The normalized spacial score (nSPS) is 10.5. The molecule has 0 aliphatic carbocycles. The van der Waals surface area contributed by atoms with E-state index in [4.69, 9.17) is 0 Å². The van der Waals surface area contributed by atoms with Crippen molar-refractivity contribution in [2.75, 3.05) is 0 Å². The van der Waals surface area contributed by atoms with Crippen LogP contribution < -0.4 is 0 Å². The van der Waals surface area contributed by atoms with Crippen molar-refractivity contribution in [3.05, 3.63) is 67.3 Å². The molecule has 0 amide bonds. The van der Waals surface area contributed by atoms with Gasteiger partial charge in [0, 0.05) is 24.0 Å². The van der Waals surface area contributed by atoms with E-state index in [9.17, 15) is 0 Å². The topological polar surface area (TPSA) is 30.7 Å². The molecule has 0 aromatic carbocycles. The Bertz CT molecular complexity index is 769. The van der Waals surface area contributed by atoms with Crippen molar-refractivity contribution >= 4 is 23.1 Å². The first-order chi connectivity index (χ1) is 9.33. The lowest BCUT2D eigenvalue weighted by atomic mass is 10.1. The predicted octanol–water partition coefficient (Wildman–Crippen LogP) is 3.71. The van der Waals surface area contributed by atoms with Crippen LogP contribution in [0, 0.1) is 0 Å². The van der Waals surface area contributed by atoms with Gasteiger partial charge in [-0.1, -0.05) is 25.3 Å². The SMILES string of the molecule is C=Cc1cnc(-n2ccc3ccncc32)cc1C=C. The van der Waals surface area contributed by atoms with E-state index in [2.05, 4.69) is 23.1 Å². The molecule has 3 rings (SSSR count). The zero-order valence-electron chi connectivity index (χ0n) is 10.5. The minimum Gasteiger partial charge on any atom is -0.300 e. The summed E-state index contributed by atoms with van der Waals surface area (Å²) in [4.78, 5) is 8.63. The van der Waals surface area contributed by atoms with Gasteiger partial charge in [0.15, 0.2) is 0 Å². The zero-order valence-corrected chi connectivity index (χ0v) is 10.5. The molecule has 0 saturated heterocycles. The molecule has 0 radical (unpaired) electrons. The van der Waals surface area contributed by atoms with Gasteiger partial charge >= 0.3 is 0 Å². The van der Waals surface area contributed by atoms with Crippen LogP contribution in [0.25, 0.3) is 28.9 Å². The second-order valence-electron chi connectivity index (χ2n) is 4.20. The minimum absolute atomic E-state index is 0.850.